The number of rotatable bonds is 0. The minimum Gasteiger partial charge on any atom is -0.379 e. The molecule has 0 amide bonds. The van der Waals surface area contributed by atoms with Gasteiger partial charge in [0.1, 0.15) is 0 Å². The fourth-order valence-electron chi connectivity index (χ4n) is 4.65. The standard InChI is InChI=1S/C17H32N4O3/c1-11-10-22-7-2-8-23-17-18-6-5-15(19-17)16-13-9-12(24-11)3-4-14(13)20-21-16/h11-21H,2-10H2,1H3/t11-,12?,13?,14?,15?,16?,17?/m0/s1. The van der Waals surface area contributed by atoms with E-state index in [1.165, 1.54) is 6.42 Å². The van der Waals surface area contributed by atoms with E-state index in [0.717, 1.165) is 38.8 Å². The third-order valence-electron chi connectivity index (χ3n) is 5.83. The van der Waals surface area contributed by atoms with Crippen LogP contribution in [0.1, 0.15) is 39.0 Å². The second-order valence-electron chi connectivity index (χ2n) is 7.66. The van der Waals surface area contributed by atoms with E-state index in [4.69, 9.17) is 14.2 Å². The Hall–Kier alpha value is -0.280. The normalized spacial score (nSPS) is 47.6. The molecule has 1 saturated carbocycles. The van der Waals surface area contributed by atoms with Crippen molar-refractivity contribution >= 4 is 0 Å². The first kappa shape index (κ1) is 17.1. The Labute approximate surface area is 144 Å². The summed E-state index contributed by atoms with van der Waals surface area (Å²) >= 11 is 0. The molecule has 7 atom stereocenters. The molecule has 7 nitrogen and oxygen atoms in total. The van der Waals surface area contributed by atoms with Gasteiger partial charge in [-0.05, 0) is 44.9 Å². The van der Waals surface area contributed by atoms with Gasteiger partial charge in [-0.3, -0.25) is 21.5 Å². The van der Waals surface area contributed by atoms with Gasteiger partial charge in [-0.1, -0.05) is 0 Å². The van der Waals surface area contributed by atoms with Gasteiger partial charge in [0.25, 0.3) is 0 Å². The molecule has 0 aromatic heterocycles. The summed E-state index contributed by atoms with van der Waals surface area (Å²) < 4.78 is 18.0. The van der Waals surface area contributed by atoms with Gasteiger partial charge in [-0.15, -0.1) is 0 Å². The highest BCUT2D eigenvalue weighted by Crippen LogP contribution is 2.34. The molecule has 7 heteroatoms. The molecule has 6 unspecified atom stereocenters. The summed E-state index contributed by atoms with van der Waals surface area (Å²) in [6.45, 7) is 5.23. The second kappa shape index (κ2) is 7.95. The zero-order valence-electron chi connectivity index (χ0n) is 14.6. The maximum absolute atomic E-state index is 6.28. The summed E-state index contributed by atoms with van der Waals surface area (Å²) in [6.07, 6.45) is 5.93. The van der Waals surface area contributed by atoms with Gasteiger partial charge in [-0.2, -0.15) is 0 Å². The first-order valence-electron chi connectivity index (χ1n) is 9.65. The SMILES string of the molecule is C[C@H]1COCCCOC2NCCC(N2)C2NNC3CCC(CC32)O1. The van der Waals surface area contributed by atoms with Crippen molar-refractivity contribution in [3.05, 3.63) is 0 Å². The summed E-state index contributed by atoms with van der Waals surface area (Å²) in [5.74, 6) is 0.609. The van der Waals surface area contributed by atoms with Crippen LogP contribution in [0.5, 0.6) is 0 Å². The predicted octanol–water partition coefficient (Wildman–Crippen LogP) is 0.0772. The summed E-state index contributed by atoms with van der Waals surface area (Å²) in [4.78, 5) is 0. The zero-order valence-corrected chi connectivity index (χ0v) is 14.6. The molecule has 0 aromatic carbocycles. The molecule has 0 radical (unpaired) electrons. The summed E-state index contributed by atoms with van der Waals surface area (Å²) in [5, 5.41) is 7.06. The number of hydrazine groups is 1. The van der Waals surface area contributed by atoms with Crippen LogP contribution in [0.3, 0.4) is 0 Å². The highest BCUT2D eigenvalue weighted by atomic mass is 16.5. The topological polar surface area (TPSA) is 75.8 Å². The van der Waals surface area contributed by atoms with Crippen LogP contribution < -0.4 is 21.5 Å². The van der Waals surface area contributed by atoms with Crippen LogP contribution >= 0.6 is 0 Å². The molecule has 0 aromatic rings. The molecule has 4 aliphatic rings. The highest BCUT2D eigenvalue weighted by molar-refractivity contribution is 5.01. The minimum absolute atomic E-state index is 0.0516. The Morgan fingerprint density at radius 3 is 2.92 bits per heavy atom. The van der Waals surface area contributed by atoms with E-state index in [0.29, 0.717) is 43.4 Å². The first-order valence-corrected chi connectivity index (χ1v) is 9.65. The molecule has 4 bridgehead atoms. The van der Waals surface area contributed by atoms with E-state index in [2.05, 4.69) is 28.4 Å². The lowest BCUT2D eigenvalue weighted by Gasteiger charge is -2.39. The molecule has 1 aliphatic carbocycles. The maximum atomic E-state index is 6.28. The third kappa shape index (κ3) is 3.93. The second-order valence-corrected chi connectivity index (χ2v) is 7.66. The smallest absolute Gasteiger partial charge is 0.163 e. The molecule has 3 heterocycles. The van der Waals surface area contributed by atoms with Crippen LogP contribution in [0.15, 0.2) is 0 Å². The van der Waals surface area contributed by atoms with Gasteiger partial charge in [0, 0.05) is 31.3 Å². The van der Waals surface area contributed by atoms with E-state index in [-0.39, 0.29) is 12.5 Å². The van der Waals surface area contributed by atoms with E-state index < -0.39 is 0 Å². The molecule has 3 aliphatic heterocycles. The average Bonchev–Trinajstić information content (AvgIpc) is 3.01. The van der Waals surface area contributed by atoms with Crippen molar-refractivity contribution < 1.29 is 14.2 Å². The van der Waals surface area contributed by atoms with Crippen LogP contribution in [-0.4, -0.2) is 63.1 Å². The summed E-state index contributed by atoms with van der Waals surface area (Å²) in [7, 11) is 0. The number of fused-ring (bicyclic) bond motifs is 4. The Balaban J connectivity index is 1.46. The lowest BCUT2D eigenvalue weighted by Crippen LogP contribution is -2.62. The van der Waals surface area contributed by atoms with E-state index in [1.54, 1.807) is 0 Å². The molecule has 24 heavy (non-hydrogen) atoms. The minimum atomic E-state index is -0.0516. The van der Waals surface area contributed by atoms with E-state index in [9.17, 15) is 0 Å². The Morgan fingerprint density at radius 1 is 1.00 bits per heavy atom. The van der Waals surface area contributed by atoms with Gasteiger partial charge in [0.05, 0.1) is 25.4 Å². The fourth-order valence-corrected chi connectivity index (χ4v) is 4.65. The van der Waals surface area contributed by atoms with Crippen molar-refractivity contribution in [2.24, 2.45) is 5.92 Å². The first-order chi connectivity index (χ1) is 11.8. The van der Waals surface area contributed by atoms with Crippen molar-refractivity contribution in [2.75, 3.05) is 26.4 Å². The Kier molecular flexibility index (Phi) is 5.68. The monoisotopic (exact) mass is 340 g/mol. The molecule has 138 valence electrons. The summed E-state index contributed by atoms with van der Waals surface area (Å²) in [6, 6.07) is 1.43. The lowest BCUT2D eigenvalue weighted by molar-refractivity contribution is -0.0706. The van der Waals surface area contributed by atoms with Crippen LogP contribution in [0.4, 0.5) is 0 Å². The molecule has 4 rings (SSSR count). The summed E-state index contributed by atoms with van der Waals surface area (Å²) in [5.41, 5.74) is 7.10. The van der Waals surface area contributed by atoms with Gasteiger partial charge < -0.3 is 14.2 Å². The predicted molar refractivity (Wildman–Crippen MR) is 90.2 cm³/mol. The van der Waals surface area contributed by atoms with Gasteiger partial charge >= 0.3 is 0 Å². The maximum Gasteiger partial charge on any atom is 0.163 e. The van der Waals surface area contributed by atoms with Crippen LogP contribution in [0.2, 0.25) is 0 Å². The van der Waals surface area contributed by atoms with Crippen LogP contribution in [0, 0.1) is 5.92 Å². The zero-order chi connectivity index (χ0) is 16.4. The van der Waals surface area contributed by atoms with Crippen molar-refractivity contribution in [1.82, 2.24) is 21.5 Å². The number of ether oxygens (including phenoxy) is 3. The van der Waals surface area contributed by atoms with Gasteiger partial charge in [-0.25, -0.2) is 0 Å². The van der Waals surface area contributed by atoms with Crippen molar-refractivity contribution in [1.29, 1.82) is 0 Å². The number of nitrogens with one attached hydrogen (secondary N) is 4. The molecular formula is C17H32N4O3. The molecule has 3 saturated heterocycles. The molecule has 4 N–H and O–H groups in total. The lowest BCUT2D eigenvalue weighted by atomic mass is 9.77. The van der Waals surface area contributed by atoms with Crippen molar-refractivity contribution in [3.63, 3.8) is 0 Å². The quantitative estimate of drug-likeness (QED) is 0.497. The molecular weight excluding hydrogens is 308 g/mol. The van der Waals surface area contributed by atoms with Gasteiger partial charge in [0.15, 0.2) is 6.35 Å². The van der Waals surface area contributed by atoms with E-state index in [1.807, 2.05) is 0 Å². The number of hydrogen-bond donors (Lipinski definition) is 4. The van der Waals surface area contributed by atoms with Crippen LogP contribution in [-0.2, 0) is 14.2 Å². The van der Waals surface area contributed by atoms with E-state index >= 15 is 0 Å². The Bertz CT molecular complexity index is 413. The highest BCUT2D eigenvalue weighted by Gasteiger charge is 2.45. The molecule has 4 fully saturated rings. The largest absolute Gasteiger partial charge is 0.379 e. The molecule has 0 spiro atoms. The number of hydrogen-bond acceptors (Lipinski definition) is 7. The van der Waals surface area contributed by atoms with Gasteiger partial charge in [0.2, 0.25) is 0 Å². The van der Waals surface area contributed by atoms with Crippen LogP contribution in [0.25, 0.3) is 0 Å². The van der Waals surface area contributed by atoms with Crippen molar-refractivity contribution in [2.45, 2.75) is 75.7 Å². The third-order valence-corrected chi connectivity index (χ3v) is 5.83. The Morgan fingerprint density at radius 2 is 1.96 bits per heavy atom. The van der Waals surface area contributed by atoms with Crippen molar-refractivity contribution in [3.8, 4) is 0 Å². The fraction of sp³-hybridized carbons (Fsp3) is 1.00. The average molecular weight is 340 g/mol.